The molecule has 3 heterocycles. The van der Waals surface area contributed by atoms with E-state index in [1.807, 2.05) is 30.9 Å². The molecule has 2 aromatic rings. The molecule has 0 spiro atoms. The number of carbonyl (C=O) groups is 1. The number of carbonyl (C=O) groups excluding carboxylic acids is 1. The van der Waals surface area contributed by atoms with Crippen LogP contribution in [0.4, 0.5) is 10.6 Å². The lowest BCUT2D eigenvalue weighted by Gasteiger charge is -2.23. The van der Waals surface area contributed by atoms with Gasteiger partial charge in [0.15, 0.2) is 5.76 Å². The highest BCUT2D eigenvalue weighted by atomic mass is 16.5. The molecule has 1 saturated heterocycles. The number of hydrogen-bond acceptors (Lipinski definition) is 6. The molecule has 0 aromatic carbocycles. The molecule has 28 heavy (non-hydrogen) atoms. The fourth-order valence-corrected chi connectivity index (χ4v) is 3.47. The van der Waals surface area contributed by atoms with Crippen LogP contribution in [0.1, 0.15) is 61.6 Å². The summed E-state index contributed by atoms with van der Waals surface area (Å²) in [6.45, 7) is 7.88. The minimum Gasteiger partial charge on any atom is -0.368 e. The van der Waals surface area contributed by atoms with Gasteiger partial charge < -0.3 is 20.1 Å². The number of hydrogen-bond donors (Lipinski definition) is 2. The molecule has 1 unspecified atom stereocenters. The predicted octanol–water partition coefficient (Wildman–Crippen LogP) is 3.38. The van der Waals surface area contributed by atoms with Crippen molar-refractivity contribution in [1.29, 1.82) is 0 Å². The van der Waals surface area contributed by atoms with Crippen LogP contribution in [0.5, 0.6) is 0 Å². The molecule has 1 aliphatic rings. The summed E-state index contributed by atoms with van der Waals surface area (Å²) < 4.78 is 5.36. The fraction of sp³-hybridized carbons (Fsp3) is 0.600. The Kier molecular flexibility index (Phi) is 6.84. The molecule has 8 nitrogen and oxygen atoms in total. The van der Waals surface area contributed by atoms with Gasteiger partial charge in [0.1, 0.15) is 11.6 Å². The number of amides is 2. The Morgan fingerprint density at radius 1 is 1.25 bits per heavy atom. The highest BCUT2D eigenvalue weighted by molar-refractivity contribution is 5.75. The summed E-state index contributed by atoms with van der Waals surface area (Å²) in [5.74, 6) is 2.44. The predicted molar refractivity (Wildman–Crippen MR) is 107 cm³/mol. The minimum atomic E-state index is -0.0687. The molecule has 0 saturated carbocycles. The van der Waals surface area contributed by atoms with Gasteiger partial charge in [0.2, 0.25) is 0 Å². The van der Waals surface area contributed by atoms with Gasteiger partial charge in [0.05, 0.1) is 11.7 Å². The maximum absolute atomic E-state index is 12.6. The van der Waals surface area contributed by atoms with Gasteiger partial charge in [-0.2, -0.15) is 0 Å². The van der Waals surface area contributed by atoms with Gasteiger partial charge in [-0.1, -0.05) is 18.5 Å². The van der Waals surface area contributed by atoms with E-state index < -0.39 is 0 Å². The second-order valence-electron chi connectivity index (χ2n) is 7.30. The number of aryl methyl sites for hydroxylation is 3. The van der Waals surface area contributed by atoms with E-state index in [2.05, 4.69) is 32.7 Å². The lowest BCUT2D eigenvalue weighted by molar-refractivity contribution is 0.183. The third kappa shape index (κ3) is 5.21. The average molecular weight is 387 g/mol. The Bertz CT molecular complexity index is 791. The third-order valence-corrected chi connectivity index (χ3v) is 4.85. The standard InChI is InChI=1S/C20H30N6O2/c1-4-5-8-18-23-14(2)13-19(24-18)21-9-10-22-20(27)26-11-6-7-16(26)17-12-15(3)25-28-17/h12-13,16H,4-11H2,1-3H3,(H,22,27)(H,21,23,24). The van der Waals surface area contributed by atoms with Crippen LogP contribution in [0, 0.1) is 13.8 Å². The largest absolute Gasteiger partial charge is 0.368 e. The summed E-state index contributed by atoms with van der Waals surface area (Å²) in [6.07, 6.45) is 4.97. The first kappa shape index (κ1) is 20.1. The number of rotatable bonds is 8. The van der Waals surface area contributed by atoms with Gasteiger partial charge in [-0.25, -0.2) is 14.8 Å². The summed E-state index contributed by atoms with van der Waals surface area (Å²) in [5, 5.41) is 10.2. The van der Waals surface area contributed by atoms with E-state index in [1.165, 1.54) is 0 Å². The van der Waals surface area contributed by atoms with Crippen molar-refractivity contribution in [3.8, 4) is 0 Å². The molecule has 2 aromatic heterocycles. The quantitative estimate of drug-likeness (QED) is 0.675. The number of nitrogens with one attached hydrogen (secondary N) is 2. The van der Waals surface area contributed by atoms with E-state index in [9.17, 15) is 4.79 Å². The molecule has 152 valence electrons. The normalized spacial score (nSPS) is 16.4. The Hall–Kier alpha value is -2.64. The van der Waals surface area contributed by atoms with Crippen LogP contribution in [0.15, 0.2) is 16.7 Å². The molecule has 1 atom stereocenters. The molecule has 0 aliphatic carbocycles. The topological polar surface area (TPSA) is 96.2 Å². The molecule has 8 heteroatoms. The van der Waals surface area contributed by atoms with E-state index in [4.69, 9.17) is 4.52 Å². The number of unbranched alkanes of at least 4 members (excludes halogenated alkanes) is 1. The SMILES string of the molecule is CCCCc1nc(C)cc(NCCNC(=O)N2CCCC2c2cc(C)no2)n1. The van der Waals surface area contributed by atoms with Crippen LogP contribution >= 0.6 is 0 Å². The highest BCUT2D eigenvalue weighted by Gasteiger charge is 2.32. The van der Waals surface area contributed by atoms with Crippen molar-refractivity contribution in [2.45, 2.75) is 58.9 Å². The lowest BCUT2D eigenvalue weighted by atomic mass is 10.1. The Labute approximate surface area is 166 Å². The van der Waals surface area contributed by atoms with Gasteiger partial charge in [0.25, 0.3) is 0 Å². The van der Waals surface area contributed by atoms with Crippen LogP contribution in [-0.4, -0.2) is 45.7 Å². The number of likely N-dealkylation sites (tertiary alicyclic amines) is 1. The fourth-order valence-electron chi connectivity index (χ4n) is 3.47. The number of nitrogens with zero attached hydrogens (tertiary/aromatic N) is 4. The Balaban J connectivity index is 1.47. The van der Waals surface area contributed by atoms with Crippen molar-refractivity contribution in [1.82, 2.24) is 25.3 Å². The zero-order valence-corrected chi connectivity index (χ0v) is 17.0. The Morgan fingerprint density at radius 2 is 2.11 bits per heavy atom. The van der Waals surface area contributed by atoms with Crippen LogP contribution in [0.25, 0.3) is 0 Å². The minimum absolute atomic E-state index is 0.0280. The van der Waals surface area contributed by atoms with Crippen molar-refractivity contribution in [2.24, 2.45) is 0 Å². The van der Waals surface area contributed by atoms with E-state index in [-0.39, 0.29) is 12.1 Å². The molecular weight excluding hydrogens is 356 g/mol. The van der Waals surface area contributed by atoms with E-state index in [0.717, 1.165) is 67.4 Å². The van der Waals surface area contributed by atoms with Gasteiger partial charge >= 0.3 is 6.03 Å². The van der Waals surface area contributed by atoms with E-state index in [0.29, 0.717) is 13.1 Å². The zero-order valence-electron chi connectivity index (χ0n) is 17.0. The second kappa shape index (κ2) is 9.52. The summed E-state index contributed by atoms with van der Waals surface area (Å²) in [7, 11) is 0. The smallest absolute Gasteiger partial charge is 0.318 e. The van der Waals surface area contributed by atoms with Crippen molar-refractivity contribution in [2.75, 3.05) is 25.0 Å². The lowest BCUT2D eigenvalue weighted by Crippen LogP contribution is -2.41. The van der Waals surface area contributed by atoms with E-state index >= 15 is 0 Å². The molecule has 0 bridgehead atoms. The highest BCUT2D eigenvalue weighted by Crippen LogP contribution is 2.32. The average Bonchev–Trinajstić information content (AvgIpc) is 3.31. The van der Waals surface area contributed by atoms with Gasteiger partial charge in [-0.05, 0) is 33.1 Å². The van der Waals surface area contributed by atoms with Gasteiger partial charge in [-0.3, -0.25) is 0 Å². The molecule has 2 amide bonds. The van der Waals surface area contributed by atoms with Gasteiger partial charge in [-0.15, -0.1) is 0 Å². The van der Waals surface area contributed by atoms with Crippen molar-refractivity contribution in [3.63, 3.8) is 0 Å². The monoisotopic (exact) mass is 386 g/mol. The first-order valence-corrected chi connectivity index (χ1v) is 10.1. The molecule has 0 radical (unpaired) electrons. The molecule has 1 fully saturated rings. The number of aromatic nitrogens is 3. The van der Waals surface area contributed by atoms with Crippen LogP contribution < -0.4 is 10.6 Å². The summed E-state index contributed by atoms with van der Waals surface area (Å²) in [6, 6.07) is 3.74. The van der Waals surface area contributed by atoms with Crippen molar-refractivity contribution < 1.29 is 9.32 Å². The first-order valence-electron chi connectivity index (χ1n) is 10.1. The second-order valence-corrected chi connectivity index (χ2v) is 7.30. The maximum atomic E-state index is 12.6. The summed E-state index contributed by atoms with van der Waals surface area (Å²) in [5.41, 5.74) is 1.79. The van der Waals surface area contributed by atoms with Crippen LogP contribution in [-0.2, 0) is 6.42 Å². The zero-order chi connectivity index (χ0) is 19.9. The molecule has 3 rings (SSSR count). The van der Waals surface area contributed by atoms with Crippen LogP contribution in [0.3, 0.4) is 0 Å². The maximum Gasteiger partial charge on any atom is 0.318 e. The molecular formula is C20H30N6O2. The first-order chi connectivity index (χ1) is 13.6. The third-order valence-electron chi connectivity index (χ3n) is 4.85. The van der Waals surface area contributed by atoms with Crippen molar-refractivity contribution >= 4 is 11.8 Å². The summed E-state index contributed by atoms with van der Waals surface area (Å²) in [4.78, 5) is 23.4. The molecule has 1 aliphatic heterocycles. The van der Waals surface area contributed by atoms with E-state index in [1.54, 1.807) is 0 Å². The van der Waals surface area contributed by atoms with Crippen molar-refractivity contribution in [3.05, 3.63) is 35.1 Å². The summed E-state index contributed by atoms with van der Waals surface area (Å²) >= 11 is 0. The van der Waals surface area contributed by atoms with Gasteiger partial charge in [0, 0.05) is 43.9 Å². The number of urea groups is 1. The Morgan fingerprint density at radius 3 is 2.86 bits per heavy atom. The number of anilines is 1. The van der Waals surface area contributed by atoms with Crippen LogP contribution in [0.2, 0.25) is 0 Å². The molecule has 2 N–H and O–H groups in total.